The number of hydrogen-bond acceptors (Lipinski definition) is 9. The standard InChI is InChI=1S/C19H20N6O5S/c1-10-15(9-20)31-19(22-10)25-24-14-5-3-12(8-11(14)2-7-17(27)28)23-16(26)6-4-13(21)18(29)30/h3,5,8,13H,2,4,6-7,21H2,1H3,(H,23,26)(H,27,28)(H,29,30). The first-order chi connectivity index (χ1) is 14.7. The van der Waals surface area contributed by atoms with Crippen LogP contribution in [0.2, 0.25) is 0 Å². The van der Waals surface area contributed by atoms with Crippen LogP contribution in [0, 0.1) is 18.3 Å². The smallest absolute Gasteiger partial charge is 0.320 e. The number of aliphatic carboxylic acids is 2. The maximum atomic E-state index is 12.0. The van der Waals surface area contributed by atoms with Crippen LogP contribution < -0.4 is 11.1 Å². The summed E-state index contributed by atoms with van der Waals surface area (Å²) in [7, 11) is 0. The van der Waals surface area contributed by atoms with Gasteiger partial charge >= 0.3 is 11.9 Å². The molecular formula is C19H20N6O5S. The normalized spacial score (nSPS) is 11.8. The number of nitrogens with two attached hydrogens (primary N) is 1. The second-order valence-electron chi connectivity index (χ2n) is 6.49. The first-order valence-corrected chi connectivity index (χ1v) is 9.93. The second kappa shape index (κ2) is 10.9. The van der Waals surface area contributed by atoms with Crippen LogP contribution >= 0.6 is 11.3 Å². The quantitative estimate of drug-likeness (QED) is 0.402. The molecule has 1 atom stereocenters. The van der Waals surface area contributed by atoms with Crippen LogP contribution in [0.15, 0.2) is 28.4 Å². The van der Waals surface area contributed by atoms with E-state index in [0.29, 0.717) is 32.6 Å². The molecule has 0 aliphatic heterocycles. The molecule has 0 aliphatic carbocycles. The highest BCUT2D eigenvalue weighted by molar-refractivity contribution is 7.15. The van der Waals surface area contributed by atoms with Crippen LogP contribution in [0.1, 0.15) is 35.4 Å². The minimum Gasteiger partial charge on any atom is -0.481 e. The van der Waals surface area contributed by atoms with Gasteiger partial charge in [-0.25, -0.2) is 4.98 Å². The first-order valence-electron chi connectivity index (χ1n) is 9.11. The molecule has 1 unspecified atom stereocenters. The molecule has 0 spiro atoms. The molecule has 11 nitrogen and oxygen atoms in total. The highest BCUT2D eigenvalue weighted by Gasteiger charge is 2.14. The van der Waals surface area contributed by atoms with Crippen LogP contribution in [0.5, 0.6) is 0 Å². The topological polar surface area (TPSA) is 191 Å². The van der Waals surface area contributed by atoms with Crippen molar-refractivity contribution in [2.45, 2.75) is 38.6 Å². The zero-order chi connectivity index (χ0) is 23.0. The van der Waals surface area contributed by atoms with E-state index in [0.717, 1.165) is 11.3 Å². The van der Waals surface area contributed by atoms with Gasteiger partial charge < -0.3 is 21.3 Å². The number of nitrogens with zero attached hydrogens (tertiary/aromatic N) is 4. The second-order valence-corrected chi connectivity index (χ2v) is 7.47. The summed E-state index contributed by atoms with van der Waals surface area (Å²) in [6.07, 6.45) is -0.0960. The molecule has 1 aromatic heterocycles. The van der Waals surface area contributed by atoms with E-state index in [9.17, 15) is 14.4 Å². The van der Waals surface area contributed by atoms with Crippen molar-refractivity contribution in [1.82, 2.24) is 4.98 Å². The van der Waals surface area contributed by atoms with Gasteiger partial charge in [0.1, 0.15) is 17.0 Å². The van der Waals surface area contributed by atoms with Crippen molar-refractivity contribution >= 4 is 45.7 Å². The Bertz CT molecular complexity index is 1060. The number of carboxylic acids is 2. The Morgan fingerprint density at radius 2 is 2.03 bits per heavy atom. The number of azo groups is 1. The summed E-state index contributed by atoms with van der Waals surface area (Å²) in [5.41, 5.74) is 7.29. The Morgan fingerprint density at radius 3 is 2.65 bits per heavy atom. The highest BCUT2D eigenvalue weighted by atomic mass is 32.1. The lowest BCUT2D eigenvalue weighted by Crippen LogP contribution is -2.31. The van der Waals surface area contributed by atoms with Gasteiger partial charge in [-0.3, -0.25) is 14.4 Å². The van der Waals surface area contributed by atoms with Gasteiger partial charge in [0.05, 0.1) is 11.4 Å². The van der Waals surface area contributed by atoms with E-state index < -0.39 is 23.9 Å². The maximum absolute atomic E-state index is 12.0. The predicted octanol–water partition coefficient (Wildman–Crippen LogP) is 2.89. The number of carboxylic acid groups (broad SMARTS) is 2. The Morgan fingerprint density at radius 1 is 1.29 bits per heavy atom. The van der Waals surface area contributed by atoms with Crippen molar-refractivity contribution in [2.24, 2.45) is 16.0 Å². The van der Waals surface area contributed by atoms with E-state index in [2.05, 4.69) is 20.5 Å². The zero-order valence-electron chi connectivity index (χ0n) is 16.5. The van der Waals surface area contributed by atoms with Gasteiger partial charge in [-0.05, 0) is 43.5 Å². The van der Waals surface area contributed by atoms with Gasteiger partial charge in [0.25, 0.3) is 0 Å². The van der Waals surface area contributed by atoms with E-state index in [1.165, 1.54) is 0 Å². The van der Waals surface area contributed by atoms with Gasteiger partial charge in [0, 0.05) is 18.5 Å². The Hall–Kier alpha value is -3.69. The fourth-order valence-electron chi connectivity index (χ4n) is 2.46. The first kappa shape index (κ1) is 23.6. The number of nitriles is 1. The van der Waals surface area contributed by atoms with Gasteiger partial charge in [0.15, 0.2) is 0 Å². The van der Waals surface area contributed by atoms with Crippen LogP contribution in [-0.2, 0) is 20.8 Å². The van der Waals surface area contributed by atoms with Crippen molar-refractivity contribution in [1.29, 1.82) is 5.26 Å². The van der Waals surface area contributed by atoms with E-state index >= 15 is 0 Å². The summed E-state index contributed by atoms with van der Waals surface area (Å²) in [5.74, 6) is -2.59. The van der Waals surface area contributed by atoms with E-state index in [4.69, 9.17) is 21.2 Å². The molecule has 0 saturated carbocycles. The lowest BCUT2D eigenvalue weighted by Gasteiger charge is -2.10. The number of rotatable bonds is 10. The molecule has 0 fully saturated rings. The van der Waals surface area contributed by atoms with E-state index in [1.807, 2.05) is 6.07 Å². The number of nitrogens with one attached hydrogen (secondary N) is 1. The number of aryl methyl sites for hydroxylation is 2. The van der Waals surface area contributed by atoms with Crippen molar-refractivity contribution in [2.75, 3.05) is 5.32 Å². The highest BCUT2D eigenvalue weighted by Crippen LogP contribution is 2.29. The number of carbonyl (C=O) groups is 3. The summed E-state index contributed by atoms with van der Waals surface area (Å²) in [6.45, 7) is 1.69. The predicted molar refractivity (Wildman–Crippen MR) is 112 cm³/mol. The average molecular weight is 444 g/mol. The van der Waals surface area contributed by atoms with Gasteiger partial charge in [-0.1, -0.05) is 11.3 Å². The van der Waals surface area contributed by atoms with Crippen molar-refractivity contribution < 1.29 is 24.6 Å². The molecule has 1 heterocycles. The summed E-state index contributed by atoms with van der Waals surface area (Å²) in [5, 5.41) is 37.8. The molecule has 2 rings (SSSR count). The molecule has 1 amide bonds. The van der Waals surface area contributed by atoms with Crippen LogP contribution in [0.25, 0.3) is 0 Å². The number of carbonyl (C=O) groups excluding carboxylic acids is 1. The fourth-order valence-corrected chi connectivity index (χ4v) is 3.15. The minimum absolute atomic E-state index is 0.0166. The molecule has 2 aromatic rings. The number of thiazole rings is 1. The zero-order valence-corrected chi connectivity index (χ0v) is 17.3. The number of aromatic nitrogens is 1. The lowest BCUT2D eigenvalue weighted by molar-refractivity contribution is -0.139. The largest absolute Gasteiger partial charge is 0.481 e. The summed E-state index contributed by atoms with van der Waals surface area (Å²) in [4.78, 5) is 38.3. The molecule has 5 N–H and O–H groups in total. The number of amides is 1. The molecule has 162 valence electrons. The molecule has 0 saturated heterocycles. The lowest BCUT2D eigenvalue weighted by atomic mass is 10.1. The van der Waals surface area contributed by atoms with Gasteiger partial charge in [-0.15, -0.1) is 10.2 Å². The molecule has 31 heavy (non-hydrogen) atoms. The number of benzene rings is 1. The van der Waals surface area contributed by atoms with Crippen LogP contribution in [0.4, 0.5) is 16.5 Å². The molecule has 0 bridgehead atoms. The van der Waals surface area contributed by atoms with Crippen LogP contribution in [0.3, 0.4) is 0 Å². The van der Waals surface area contributed by atoms with E-state index in [1.54, 1.807) is 25.1 Å². The number of hydrogen-bond donors (Lipinski definition) is 4. The monoisotopic (exact) mass is 444 g/mol. The van der Waals surface area contributed by atoms with Crippen LogP contribution in [-0.4, -0.2) is 39.1 Å². The molecule has 12 heteroatoms. The van der Waals surface area contributed by atoms with Gasteiger partial charge in [-0.2, -0.15) is 5.26 Å². The third-order valence-corrected chi connectivity index (χ3v) is 5.05. The van der Waals surface area contributed by atoms with Gasteiger partial charge in [0.2, 0.25) is 11.0 Å². The Balaban J connectivity index is 2.17. The molecule has 0 aliphatic rings. The average Bonchev–Trinajstić information content (AvgIpc) is 3.09. The third-order valence-electron chi connectivity index (χ3n) is 4.10. The summed E-state index contributed by atoms with van der Waals surface area (Å²) >= 11 is 1.09. The summed E-state index contributed by atoms with van der Waals surface area (Å²) < 4.78 is 0. The minimum atomic E-state index is -1.18. The molecular weight excluding hydrogens is 424 g/mol. The summed E-state index contributed by atoms with van der Waals surface area (Å²) in [6, 6.07) is 5.62. The van der Waals surface area contributed by atoms with Crippen molar-refractivity contribution in [3.63, 3.8) is 0 Å². The Kier molecular flexibility index (Phi) is 8.30. The SMILES string of the molecule is Cc1nc(N=Nc2ccc(NC(=O)CCC(N)C(=O)O)cc2CCC(=O)O)sc1C#N. The number of anilines is 1. The fraction of sp³-hybridized carbons (Fsp3) is 0.316. The molecule has 0 radical (unpaired) electrons. The maximum Gasteiger partial charge on any atom is 0.320 e. The van der Waals surface area contributed by atoms with Crippen molar-refractivity contribution in [3.8, 4) is 6.07 Å². The molecule has 1 aromatic carbocycles. The van der Waals surface area contributed by atoms with Crippen molar-refractivity contribution in [3.05, 3.63) is 34.3 Å². The Labute approximate surface area is 181 Å². The third kappa shape index (κ3) is 7.25. The van der Waals surface area contributed by atoms with E-state index in [-0.39, 0.29) is 25.7 Å².